The van der Waals surface area contributed by atoms with Gasteiger partial charge in [-0.25, -0.2) is 4.79 Å². The average Bonchev–Trinajstić information content (AvgIpc) is 2.58. The number of piperidine rings is 1. The Balaban J connectivity index is 1.51. The van der Waals surface area contributed by atoms with Gasteiger partial charge < -0.3 is 10.2 Å². The number of likely N-dealkylation sites (tertiary alicyclic amines) is 1. The normalized spacial score (nSPS) is 19.9. The number of rotatable bonds is 3. The zero-order valence-electron chi connectivity index (χ0n) is 13.1. The maximum Gasteiger partial charge on any atom is 0.321 e. The van der Waals surface area contributed by atoms with Gasteiger partial charge in [-0.3, -0.25) is 4.90 Å². The lowest BCUT2D eigenvalue weighted by atomic mass is 10.1. The first-order chi connectivity index (χ1) is 10.8. The van der Waals surface area contributed by atoms with Crippen LogP contribution in [0, 0.1) is 0 Å². The molecule has 2 fully saturated rings. The summed E-state index contributed by atoms with van der Waals surface area (Å²) < 4.78 is 0. The summed E-state index contributed by atoms with van der Waals surface area (Å²) in [5.74, 6) is 2.09. The van der Waals surface area contributed by atoms with Crippen molar-refractivity contribution in [2.45, 2.75) is 25.8 Å². The number of anilines is 1. The Labute approximate surface area is 137 Å². The van der Waals surface area contributed by atoms with E-state index >= 15 is 0 Å². The first kappa shape index (κ1) is 15.7. The molecule has 0 radical (unpaired) electrons. The van der Waals surface area contributed by atoms with Gasteiger partial charge in [0.1, 0.15) is 0 Å². The summed E-state index contributed by atoms with van der Waals surface area (Å²) >= 11 is 1.91. The summed E-state index contributed by atoms with van der Waals surface area (Å²) in [6.45, 7) is 5.15. The van der Waals surface area contributed by atoms with Crippen LogP contribution in [-0.2, 0) is 6.54 Å². The van der Waals surface area contributed by atoms with Crippen LogP contribution in [0.4, 0.5) is 10.5 Å². The van der Waals surface area contributed by atoms with E-state index in [1.54, 1.807) is 0 Å². The Morgan fingerprint density at radius 1 is 1.00 bits per heavy atom. The first-order valence-corrected chi connectivity index (χ1v) is 9.42. The minimum absolute atomic E-state index is 0.0316. The summed E-state index contributed by atoms with van der Waals surface area (Å²) in [6, 6.07) is 8.35. The maximum absolute atomic E-state index is 12.2. The lowest BCUT2D eigenvalue weighted by molar-refractivity contribution is 0.217. The number of hydrogen-bond donors (Lipinski definition) is 1. The third-order valence-corrected chi connectivity index (χ3v) is 5.30. The summed E-state index contributed by atoms with van der Waals surface area (Å²) in [5.41, 5.74) is 2.22. The molecule has 3 rings (SSSR count). The smallest absolute Gasteiger partial charge is 0.321 e. The van der Waals surface area contributed by atoms with Crippen molar-refractivity contribution in [3.8, 4) is 0 Å². The summed E-state index contributed by atoms with van der Waals surface area (Å²) in [6.07, 6.45) is 4.01. The predicted octanol–water partition coefficient (Wildman–Crippen LogP) is 3.25. The lowest BCUT2D eigenvalue weighted by Gasteiger charge is -2.27. The molecule has 2 aliphatic heterocycles. The molecule has 2 heterocycles. The molecule has 0 spiro atoms. The second-order valence-electron chi connectivity index (χ2n) is 6.06. The third kappa shape index (κ3) is 4.40. The monoisotopic (exact) mass is 319 g/mol. The van der Waals surface area contributed by atoms with Crippen molar-refractivity contribution < 1.29 is 4.79 Å². The van der Waals surface area contributed by atoms with E-state index < -0.39 is 0 Å². The molecule has 120 valence electrons. The predicted molar refractivity (Wildman–Crippen MR) is 93.5 cm³/mol. The quantitative estimate of drug-likeness (QED) is 0.929. The molecule has 0 saturated carbocycles. The number of carbonyl (C=O) groups excluding carboxylic acids is 1. The van der Waals surface area contributed by atoms with E-state index in [1.165, 1.54) is 37.9 Å². The highest BCUT2D eigenvalue weighted by atomic mass is 32.2. The summed E-state index contributed by atoms with van der Waals surface area (Å²) in [5, 5.41) is 3.01. The molecule has 2 amide bonds. The van der Waals surface area contributed by atoms with Crippen molar-refractivity contribution in [2.75, 3.05) is 43.0 Å². The van der Waals surface area contributed by atoms with Gasteiger partial charge in [-0.05, 0) is 43.6 Å². The van der Waals surface area contributed by atoms with Crippen molar-refractivity contribution in [1.29, 1.82) is 0 Å². The number of nitrogens with one attached hydrogen (secondary N) is 1. The van der Waals surface area contributed by atoms with E-state index in [0.717, 1.165) is 36.8 Å². The van der Waals surface area contributed by atoms with Crippen LogP contribution in [0.3, 0.4) is 0 Å². The Morgan fingerprint density at radius 3 is 2.36 bits per heavy atom. The summed E-state index contributed by atoms with van der Waals surface area (Å²) in [7, 11) is 0. The molecule has 0 atom stereocenters. The maximum atomic E-state index is 12.2. The molecular formula is C17H25N3OS. The van der Waals surface area contributed by atoms with E-state index in [-0.39, 0.29) is 6.03 Å². The topological polar surface area (TPSA) is 35.6 Å². The van der Waals surface area contributed by atoms with Gasteiger partial charge in [0.25, 0.3) is 0 Å². The van der Waals surface area contributed by atoms with Crippen LogP contribution < -0.4 is 5.32 Å². The fraction of sp³-hybridized carbons (Fsp3) is 0.588. The van der Waals surface area contributed by atoms with Crippen molar-refractivity contribution in [3.63, 3.8) is 0 Å². The molecule has 0 unspecified atom stereocenters. The number of thioether (sulfide) groups is 1. The van der Waals surface area contributed by atoms with E-state index in [4.69, 9.17) is 0 Å². The van der Waals surface area contributed by atoms with Gasteiger partial charge in [0.2, 0.25) is 0 Å². The van der Waals surface area contributed by atoms with E-state index in [9.17, 15) is 4.79 Å². The Hall–Kier alpha value is -1.20. The van der Waals surface area contributed by atoms with Gasteiger partial charge in [0.15, 0.2) is 0 Å². The Kier molecular flexibility index (Phi) is 5.62. The number of hydrogen-bond acceptors (Lipinski definition) is 3. The molecule has 0 bridgehead atoms. The molecule has 1 aromatic carbocycles. The van der Waals surface area contributed by atoms with Crippen LogP contribution in [0.1, 0.15) is 24.8 Å². The fourth-order valence-electron chi connectivity index (χ4n) is 3.04. The van der Waals surface area contributed by atoms with Crippen LogP contribution in [0.25, 0.3) is 0 Å². The molecule has 5 heteroatoms. The standard InChI is InChI=1S/C17H25N3OS/c21-17(20-10-12-22-13-11-20)18-16-6-4-15(5-7-16)14-19-8-2-1-3-9-19/h4-7H,1-3,8-14H2,(H,18,21). The zero-order valence-corrected chi connectivity index (χ0v) is 13.9. The van der Waals surface area contributed by atoms with Crippen LogP contribution in [-0.4, -0.2) is 53.5 Å². The zero-order chi connectivity index (χ0) is 15.2. The Bertz CT molecular complexity index is 479. The fourth-order valence-corrected chi connectivity index (χ4v) is 3.94. The molecule has 0 aromatic heterocycles. The molecule has 0 aliphatic carbocycles. The highest BCUT2D eigenvalue weighted by Crippen LogP contribution is 2.16. The van der Waals surface area contributed by atoms with E-state index in [0.29, 0.717) is 0 Å². The highest BCUT2D eigenvalue weighted by Gasteiger charge is 2.16. The van der Waals surface area contributed by atoms with Crippen LogP contribution in [0.5, 0.6) is 0 Å². The van der Waals surface area contributed by atoms with Crippen molar-refractivity contribution in [1.82, 2.24) is 9.80 Å². The largest absolute Gasteiger partial charge is 0.323 e. The molecule has 1 aromatic rings. The van der Waals surface area contributed by atoms with Crippen molar-refractivity contribution in [3.05, 3.63) is 29.8 Å². The minimum Gasteiger partial charge on any atom is -0.323 e. The van der Waals surface area contributed by atoms with Gasteiger partial charge in [-0.1, -0.05) is 18.6 Å². The number of urea groups is 1. The molecule has 2 saturated heterocycles. The number of carbonyl (C=O) groups is 1. The molecule has 1 N–H and O–H groups in total. The molecule has 22 heavy (non-hydrogen) atoms. The highest BCUT2D eigenvalue weighted by molar-refractivity contribution is 7.99. The van der Waals surface area contributed by atoms with E-state index in [1.807, 2.05) is 28.8 Å². The third-order valence-electron chi connectivity index (χ3n) is 4.36. The van der Waals surface area contributed by atoms with Gasteiger partial charge in [-0.15, -0.1) is 0 Å². The van der Waals surface area contributed by atoms with Crippen LogP contribution in [0.15, 0.2) is 24.3 Å². The van der Waals surface area contributed by atoms with Crippen LogP contribution >= 0.6 is 11.8 Å². The van der Waals surface area contributed by atoms with Gasteiger partial charge >= 0.3 is 6.03 Å². The van der Waals surface area contributed by atoms with Crippen molar-refractivity contribution in [2.24, 2.45) is 0 Å². The second-order valence-corrected chi connectivity index (χ2v) is 7.29. The molecular weight excluding hydrogens is 294 g/mol. The van der Waals surface area contributed by atoms with Gasteiger partial charge in [-0.2, -0.15) is 11.8 Å². The van der Waals surface area contributed by atoms with Crippen molar-refractivity contribution >= 4 is 23.5 Å². The number of amides is 2. The number of nitrogens with zero attached hydrogens (tertiary/aromatic N) is 2. The Morgan fingerprint density at radius 2 is 1.68 bits per heavy atom. The summed E-state index contributed by atoms with van der Waals surface area (Å²) in [4.78, 5) is 16.6. The second kappa shape index (κ2) is 7.88. The van der Waals surface area contributed by atoms with E-state index in [2.05, 4.69) is 22.3 Å². The SMILES string of the molecule is O=C(Nc1ccc(CN2CCCCC2)cc1)N1CCSCC1. The molecule has 2 aliphatic rings. The van der Waals surface area contributed by atoms with Crippen LogP contribution in [0.2, 0.25) is 0 Å². The average molecular weight is 319 g/mol. The minimum atomic E-state index is 0.0316. The number of benzene rings is 1. The van der Waals surface area contributed by atoms with Gasteiger partial charge in [0.05, 0.1) is 0 Å². The first-order valence-electron chi connectivity index (χ1n) is 8.26. The molecule has 4 nitrogen and oxygen atoms in total. The van der Waals surface area contributed by atoms with Gasteiger partial charge in [0, 0.05) is 36.8 Å². The lowest BCUT2D eigenvalue weighted by Crippen LogP contribution is -2.40.